The van der Waals surface area contributed by atoms with E-state index in [1.54, 1.807) is 24.4 Å². The van der Waals surface area contributed by atoms with Crippen LogP contribution >= 0.6 is 0 Å². The van der Waals surface area contributed by atoms with Gasteiger partial charge in [-0.05, 0) is 12.1 Å². The van der Waals surface area contributed by atoms with Gasteiger partial charge in [0, 0.05) is 18.3 Å². The van der Waals surface area contributed by atoms with E-state index in [1.165, 1.54) is 15.2 Å². The number of hydrogen-bond acceptors (Lipinski definition) is 4. The van der Waals surface area contributed by atoms with E-state index in [-0.39, 0.29) is 24.5 Å². The average molecular weight is 325 g/mol. The van der Waals surface area contributed by atoms with E-state index >= 15 is 0 Å². The molecule has 3 rings (SSSR count). The number of aromatic nitrogens is 3. The van der Waals surface area contributed by atoms with Crippen molar-refractivity contribution in [3.8, 4) is 11.9 Å². The first-order valence-electron chi connectivity index (χ1n) is 7.11. The number of hydrogen-bond donors (Lipinski definition) is 1. The van der Waals surface area contributed by atoms with Crippen LogP contribution in [0.3, 0.4) is 0 Å². The van der Waals surface area contributed by atoms with Crippen LogP contribution in [0.4, 0.5) is 10.2 Å². The van der Waals surface area contributed by atoms with Gasteiger partial charge in [0.25, 0.3) is 11.6 Å². The lowest BCUT2D eigenvalue weighted by Crippen LogP contribution is -2.36. The number of pyridine rings is 2. The fourth-order valence-electron chi connectivity index (χ4n) is 2.41. The third kappa shape index (κ3) is 2.75. The SMILES string of the molecule is N#CCC[n+]1c([O-])c(C(=O)Nc2cc(F)ccn2)n2ccccc21. The Kier molecular flexibility index (Phi) is 4.07. The number of nitriles is 1. The van der Waals surface area contributed by atoms with Crippen molar-refractivity contribution >= 4 is 17.4 Å². The molecular formula is C16H12FN5O2. The van der Waals surface area contributed by atoms with E-state index in [9.17, 15) is 14.3 Å². The monoisotopic (exact) mass is 325 g/mol. The number of nitrogens with one attached hydrogen (secondary N) is 1. The number of rotatable bonds is 4. The molecule has 0 unspecified atom stereocenters. The van der Waals surface area contributed by atoms with Crippen LogP contribution < -0.4 is 15.0 Å². The summed E-state index contributed by atoms with van der Waals surface area (Å²) in [5, 5.41) is 23.7. The van der Waals surface area contributed by atoms with Crippen LogP contribution in [0.5, 0.6) is 5.88 Å². The van der Waals surface area contributed by atoms with Gasteiger partial charge in [-0.2, -0.15) is 9.66 Å². The molecule has 24 heavy (non-hydrogen) atoms. The Morgan fingerprint density at radius 2 is 2.29 bits per heavy atom. The van der Waals surface area contributed by atoms with Gasteiger partial charge in [0.1, 0.15) is 24.1 Å². The molecule has 0 saturated heterocycles. The number of aryl methyl sites for hydroxylation is 1. The maximum atomic E-state index is 13.2. The first-order valence-corrected chi connectivity index (χ1v) is 7.11. The molecule has 0 saturated carbocycles. The summed E-state index contributed by atoms with van der Waals surface area (Å²) in [5.41, 5.74) is 0.365. The second-order valence-electron chi connectivity index (χ2n) is 4.96. The van der Waals surface area contributed by atoms with Crippen molar-refractivity contribution in [2.24, 2.45) is 0 Å². The maximum Gasteiger partial charge on any atom is 0.300 e. The van der Waals surface area contributed by atoms with Crippen LogP contribution in [-0.2, 0) is 6.54 Å². The quantitative estimate of drug-likeness (QED) is 0.724. The summed E-state index contributed by atoms with van der Waals surface area (Å²) in [6.07, 6.45) is 2.93. The van der Waals surface area contributed by atoms with E-state index in [0.29, 0.717) is 5.65 Å². The van der Waals surface area contributed by atoms with Crippen molar-refractivity contribution in [1.29, 1.82) is 5.26 Å². The minimum absolute atomic E-state index is 0.00820. The third-order valence-corrected chi connectivity index (χ3v) is 3.43. The Morgan fingerprint density at radius 3 is 3.04 bits per heavy atom. The van der Waals surface area contributed by atoms with Gasteiger partial charge >= 0.3 is 0 Å². The van der Waals surface area contributed by atoms with E-state index < -0.39 is 17.6 Å². The summed E-state index contributed by atoms with van der Waals surface area (Å²) >= 11 is 0. The molecule has 0 aliphatic carbocycles. The number of carbonyl (C=O) groups is 1. The van der Waals surface area contributed by atoms with Crippen molar-refractivity contribution in [3.63, 3.8) is 0 Å². The number of amides is 1. The third-order valence-electron chi connectivity index (χ3n) is 3.43. The zero-order valence-electron chi connectivity index (χ0n) is 12.4. The van der Waals surface area contributed by atoms with Gasteiger partial charge in [-0.3, -0.25) is 4.79 Å². The molecule has 0 aliphatic rings. The van der Waals surface area contributed by atoms with Crippen LogP contribution in [0.15, 0.2) is 42.7 Å². The number of nitrogens with zero attached hydrogens (tertiary/aromatic N) is 4. The molecule has 0 aromatic carbocycles. The number of carbonyl (C=O) groups excluding carboxylic acids is 1. The lowest BCUT2D eigenvalue weighted by molar-refractivity contribution is -0.711. The van der Waals surface area contributed by atoms with E-state index in [1.807, 2.05) is 6.07 Å². The number of imidazole rings is 1. The lowest BCUT2D eigenvalue weighted by atomic mass is 10.3. The van der Waals surface area contributed by atoms with Crippen LogP contribution in [-0.4, -0.2) is 15.3 Å². The van der Waals surface area contributed by atoms with E-state index in [4.69, 9.17) is 5.26 Å². The molecule has 7 nitrogen and oxygen atoms in total. The van der Waals surface area contributed by atoms with Gasteiger partial charge in [0.05, 0.1) is 18.7 Å². The fourth-order valence-corrected chi connectivity index (χ4v) is 2.41. The Labute approximate surface area is 136 Å². The maximum absolute atomic E-state index is 13.2. The first-order chi connectivity index (χ1) is 11.6. The highest BCUT2D eigenvalue weighted by Gasteiger charge is 2.25. The lowest BCUT2D eigenvalue weighted by Gasteiger charge is -2.06. The molecule has 3 aromatic heterocycles. The summed E-state index contributed by atoms with van der Waals surface area (Å²) in [6.45, 7) is 0.175. The highest BCUT2D eigenvalue weighted by atomic mass is 19.1. The van der Waals surface area contributed by atoms with Crippen LogP contribution in [0, 0.1) is 17.1 Å². The number of anilines is 1. The second kappa shape index (κ2) is 6.34. The van der Waals surface area contributed by atoms with Gasteiger partial charge < -0.3 is 10.4 Å². The topological polar surface area (TPSA) is 97.1 Å². The van der Waals surface area contributed by atoms with Crippen molar-refractivity contribution in [2.45, 2.75) is 13.0 Å². The predicted molar refractivity (Wildman–Crippen MR) is 79.4 cm³/mol. The summed E-state index contributed by atoms with van der Waals surface area (Å²) in [6, 6.07) is 9.26. The highest BCUT2D eigenvalue weighted by Crippen LogP contribution is 2.16. The summed E-state index contributed by atoms with van der Waals surface area (Å²) in [5.74, 6) is -1.76. The minimum atomic E-state index is -0.699. The van der Waals surface area contributed by atoms with Gasteiger partial charge in [-0.15, -0.1) is 0 Å². The molecular weight excluding hydrogens is 313 g/mol. The molecule has 0 spiro atoms. The highest BCUT2D eigenvalue weighted by molar-refractivity contribution is 6.04. The normalized spacial score (nSPS) is 10.5. The molecule has 1 N–H and O–H groups in total. The number of halogens is 1. The average Bonchev–Trinajstić information content (AvgIpc) is 2.84. The van der Waals surface area contributed by atoms with Crippen molar-refractivity contribution in [2.75, 3.05) is 5.32 Å². The van der Waals surface area contributed by atoms with Crippen LogP contribution in [0.1, 0.15) is 16.9 Å². The number of fused-ring (bicyclic) bond motifs is 1. The molecule has 1 amide bonds. The van der Waals surface area contributed by atoms with Gasteiger partial charge in [0.15, 0.2) is 0 Å². The predicted octanol–water partition coefficient (Wildman–Crippen LogP) is 1.00. The van der Waals surface area contributed by atoms with Gasteiger partial charge in [-0.25, -0.2) is 13.9 Å². The zero-order chi connectivity index (χ0) is 17.1. The van der Waals surface area contributed by atoms with E-state index in [2.05, 4.69) is 10.3 Å². The van der Waals surface area contributed by atoms with Crippen LogP contribution in [0.2, 0.25) is 0 Å². The molecule has 3 heterocycles. The molecule has 3 aromatic rings. The van der Waals surface area contributed by atoms with Crippen molar-refractivity contribution < 1.29 is 18.9 Å². The standard InChI is InChI=1S/C16H12FN5O2/c17-11-5-7-19-12(10-11)20-15(23)14-16(24)22(9-3-6-18)13-4-1-2-8-21(13)14/h1-2,4-5,7-8,10H,3,9H2,(H-,19,20,23,24). The van der Waals surface area contributed by atoms with Gasteiger partial charge in [0.2, 0.25) is 5.69 Å². The Bertz CT molecular complexity index is 961. The van der Waals surface area contributed by atoms with E-state index in [0.717, 1.165) is 12.1 Å². The first kappa shape index (κ1) is 15.4. The largest absolute Gasteiger partial charge is 0.839 e. The Hall–Kier alpha value is -3.47. The molecule has 0 bridgehead atoms. The molecule has 0 fully saturated rings. The molecule has 0 atom stereocenters. The molecule has 120 valence electrons. The fraction of sp³-hybridized carbons (Fsp3) is 0.125. The second-order valence-corrected chi connectivity index (χ2v) is 4.96. The van der Waals surface area contributed by atoms with Gasteiger partial charge in [-0.1, -0.05) is 6.07 Å². The van der Waals surface area contributed by atoms with Crippen molar-refractivity contribution in [3.05, 3.63) is 54.2 Å². The summed E-state index contributed by atoms with van der Waals surface area (Å²) in [4.78, 5) is 16.3. The molecule has 8 heteroatoms. The Morgan fingerprint density at radius 1 is 1.46 bits per heavy atom. The Balaban J connectivity index is 2.04. The smallest absolute Gasteiger partial charge is 0.300 e. The zero-order valence-corrected chi connectivity index (χ0v) is 12.4. The minimum Gasteiger partial charge on any atom is -0.839 e. The summed E-state index contributed by atoms with van der Waals surface area (Å²) in [7, 11) is 0. The molecule has 0 aliphatic heterocycles. The van der Waals surface area contributed by atoms with Crippen LogP contribution in [0.25, 0.3) is 5.65 Å². The van der Waals surface area contributed by atoms with Crippen molar-refractivity contribution in [1.82, 2.24) is 9.38 Å². The summed E-state index contributed by atoms with van der Waals surface area (Å²) < 4.78 is 16.0. The molecule has 0 radical (unpaired) electrons.